The topological polar surface area (TPSA) is 76.1 Å². The zero-order valence-electron chi connectivity index (χ0n) is 16.5. The van der Waals surface area contributed by atoms with E-state index < -0.39 is 6.04 Å². The maximum absolute atomic E-state index is 12.4. The summed E-state index contributed by atoms with van der Waals surface area (Å²) in [6, 6.07) is 4.90. The van der Waals surface area contributed by atoms with E-state index in [0.29, 0.717) is 18.5 Å². The first-order valence-electron chi connectivity index (χ1n) is 10.4. The molecule has 1 N–H and O–H groups in total. The van der Waals surface area contributed by atoms with Crippen LogP contribution in [0, 0.1) is 0 Å². The maximum Gasteiger partial charge on any atom is 0.270 e. The highest BCUT2D eigenvalue weighted by Gasteiger charge is 2.28. The third-order valence-electron chi connectivity index (χ3n) is 5.10. The van der Waals surface area contributed by atoms with Gasteiger partial charge in [-0.05, 0) is 31.4 Å². The average Bonchev–Trinajstić information content (AvgIpc) is 2.66. The SMILES string of the molecule is CCCCCCCCCCc1cccc(C(=O)NC2CCC(=O)CC2=O)n1. The molecular weight excluding hydrogens is 340 g/mol. The predicted octanol–water partition coefficient (Wildman–Crippen LogP) is 4.19. The van der Waals surface area contributed by atoms with Crippen molar-refractivity contribution >= 4 is 17.5 Å². The van der Waals surface area contributed by atoms with Gasteiger partial charge in [-0.1, -0.05) is 57.9 Å². The number of rotatable bonds is 11. The van der Waals surface area contributed by atoms with Gasteiger partial charge in [0.15, 0.2) is 5.78 Å². The summed E-state index contributed by atoms with van der Waals surface area (Å²) in [6.07, 6.45) is 11.6. The molecule has 0 aromatic carbocycles. The molecule has 0 radical (unpaired) electrons. The van der Waals surface area contributed by atoms with Crippen LogP contribution in [0.2, 0.25) is 0 Å². The number of hydrogen-bond donors (Lipinski definition) is 1. The second kappa shape index (κ2) is 11.6. The first-order chi connectivity index (χ1) is 13.1. The molecule has 148 valence electrons. The van der Waals surface area contributed by atoms with Crippen LogP contribution in [0.5, 0.6) is 0 Å². The number of aryl methyl sites for hydroxylation is 1. The summed E-state index contributed by atoms with van der Waals surface area (Å²) in [7, 11) is 0. The summed E-state index contributed by atoms with van der Waals surface area (Å²) >= 11 is 0. The molecule has 2 rings (SSSR count). The number of amides is 1. The number of carbonyl (C=O) groups is 3. The van der Waals surface area contributed by atoms with E-state index in [4.69, 9.17) is 0 Å². The van der Waals surface area contributed by atoms with Crippen molar-refractivity contribution in [2.75, 3.05) is 0 Å². The van der Waals surface area contributed by atoms with Gasteiger partial charge in [-0.2, -0.15) is 0 Å². The van der Waals surface area contributed by atoms with Crippen molar-refractivity contribution in [3.8, 4) is 0 Å². The van der Waals surface area contributed by atoms with E-state index in [1.54, 1.807) is 6.07 Å². The van der Waals surface area contributed by atoms with E-state index in [9.17, 15) is 14.4 Å². The van der Waals surface area contributed by atoms with Gasteiger partial charge in [0.05, 0.1) is 12.5 Å². The van der Waals surface area contributed by atoms with Crippen molar-refractivity contribution in [2.24, 2.45) is 0 Å². The third-order valence-corrected chi connectivity index (χ3v) is 5.10. The quantitative estimate of drug-likeness (QED) is 0.467. The van der Waals surface area contributed by atoms with E-state index in [-0.39, 0.29) is 23.9 Å². The fourth-order valence-electron chi connectivity index (χ4n) is 3.44. The molecule has 0 bridgehead atoms. The largest absolute Gasteiger partial charge is 0.341 e. The molecule has 5 nitrogen and oxygen atoms in total. The Kier molecular flexibility index (Phi) is 9.16. The molecular formula is C22H32N2O3. The molecule has 0 spiro atoms. The standard InChI is InChI=1S/C22H32N2O3/c1-2-3-4-5-6-7-8-9-11-17-12-10-13-20(23-17)22(27)24-19-15-14-18(25)16-21(19)26/h10,12-13,19H,2-9,11,14-16H2,1H3,(H,24,27). The van der Waals surface area contributed by atoms with Gasteiger partial charge in [-0.15, -0.1) is 0 Å². The van der Waals surface area contributed by atoms with Gasteiger partial charge in [-0.3, -0.25) is 14.4 Å². The number of nitrogens with zero attached hydrogens (tertiary/aromatic N) is 1. The molecule has 0 aliphatic heterocycles. The Morgan fingerprint density at radius 2 is 1.78 bits per heavy atom. The summed E-state index contributed by atoms with van der Waals surface area (Å²) in [5.41, 5.74) is 1.26. The number of nitrogens with one attached hydrogen (secondary N) is 1. The van der Waals surface area contributed by atoms with Gasteiger partial charge in [0.1, 0.15) is 11.5 Å². The number of pyridine rings is 1. The Bertz CT molecular complexity index is 642. The molecule has 1 aromatic heterocycles. The molecule has 1 atom stereocenters. The van der Waals surface area contributed by atoms with Gasteiger partial charge >= 0.3 is 0 Å². The molecule has 1 aliphatic carbocycles. The zero-order chi connectivity index (χ0) is 19.5. The van der Waals surface area contributed by atoms with E-state index in [1.807, 2.05) is 12.1 Å². The Morgan fingerprint density at radius 1 is 1.07 bits per heavy atom. The van der Waals surface area contributed by atoms with Crippen LogP contribution in [0.3, 0.4) is 0 Å². The van der Waals surface area contributed by atoms with Crippen LogP contribution >= 0.6 is 0 Å². The van der Waals surface area contributed by atoms with Crippen molar-refractivity contribution in [2.45, 2.75) is 90.0 Å². The molecule has 1 saturated carbocycles. The van der Waals surface area contributed by atoms with Crippen molar-refractivity contribution in [3.63, 3.8) is 0 Å². The van der Waals surface area contributed by atoms with Crippen LogP contribution in [0.25, 0.3) is 0 Å². The Balaban J connectivity index is 1.73. The molecule has 1 heterocycles. The highest BCUT2D eigenvalue weighted by atomic mass is 16.2. The monoisotopic (exact) mass is 372 g/mol. The van der Waals surface area contributed by atoms with E-state index in [1.165, 1.54) is 44.9 Å². The highest BCUT2D eigenvalue weighted by Crippen LogP contribution is 2.13. The molecule has 1 aromatic rings. The number of aromatic nitrogens is 1. The highest BCUT2D eigenvalue weighted by molar-refractivity contribution is 6.06. The number of unbranched alkanes of at least 4 members (excludes halogenated alkanes) is 7. The zero-order valence-corrected chi connectivity index (χ0v) is 16.5. The lowest BCUT2D eigenvalue weighted by Crippen LogP contribution is -2.44. The molecule has 5 heteroatoms. The fourth-order valence-corrected chi connectivity index (χ4v) is 3.44. The van der Waals surface area contributed by atoms with Crippen LogP contribution in [0.1, 0.15) is 93.7 Å². The Hall–Kier alpha value is -2.04. The van der Waals surface area contributed by atoms with Crippen molar-refractivity contribution in [3.05, 3.63) is 29.6 Å². The fraction of sp³-hybridized carbons (Fsp3) is 0.636. The maximum atomic E-state index is 12.4. The second-order valence-electron chi connectivity index (χ2n) is 7.49. The summed E-state index contributed by atoms with van der Waals surface area (Å²) in [6.45, 7) is 2.23. The summed E-state index contributed by atoms with van der Waals surface area (Å²) in [4.78, 5) is 40.0. The summed E-state index contributed by atoms with van der Waals surface area (Å²) in [5, 5.41) is 2.73. The summed E-state index contributed by atoms with van der Waals surface area (Å²) in [5.74, 6) is -0.578. The summed E-state index contributed by atoms with van der Waals surface area (Å²) < 4.78 is 0. The van der Waals surface area contributed by atoms with E-state index in [0.717, 1.165) is 18.5 Å². The first-order valence-corrected chi connectivity index (χ1v) is 10.4. The minimum absolute atomic E-state index is 0.0454. The van der Waals surface area contributed by atoms with Gasteiger partial charge in [0.2, 0.25) is 0 Å². The van der Waals surface area contributed by atoms with Crippen LogP contribution in [0.4, 0.5) is 0 Å². The molecule has 0 saturated heterocycles. The first kappa shape index (κ1) is 21.3. The van der Waals surface area contributed by atoms with Gasteiger partial charge < -0.3 is 5.32 Å². The molecule has 1 fully saturated rings. The van der Waals surface area contributed by atoms with E-state index >= 15 is 0 Å². The lowest BCUT2D eigenvalue weighted by molar-refractivity contribution is -0.131. The van der Waals surface area contributed by atoms with Crippen molar-refractivity contribution in [1.29, 1.82) is 0 Å². The van der Waals surface area contributed by atoms with Crippen LogP contribution in [-0.4, -0.2) is 28.5 Å². The van der Waals surface area contributed by atoms with Crippen molar-refractivity contribution in [1.82, 2.24) is 10.3 Å². The molecule has 27 heavy (non-hydrogen) atoms. The number of ketones is 2. The van der Waals surface area contributed by atoms with Gasteiger partial charge in [0, 0.05) is 12.1 Å². The Labute approximate surface area is 162 Å². The lowest BCUT2D eigenvalue weighted by atomic mass is 9.93. The van der Waals surface area contributed by atoms with Crippen molar-refractivity contribution < 1.29 is 14.4 Å². The number of hydrogen-bond acceptors (Lipinski definition) is 4. The van der Waals surface area contributed by atoms with Gasteiger partial charge in [-0.25, -0.2) is 4.98 Å². The molecule has 1 aliphatic rings. The second-order valence-corrected chi connectivity index (χ2v) is 7.49. The minimum Gasteiger partial charge on any atom is -0.341 e. The van der Waals surface area contributed by atoms with Gasteiger partial charge in [0.25, 0.3) is 5.91 Å². The number of Topliss-reactive ketones (excluding diaryl/α,β-unsaturated/α-hetero) is 2. The Morgan fingerprint density at radius 3 is 2.48 bits per heavy atom. The predicted molar refractivity (Wildman–Crippen MR) is 106 cm³/mol. The third kappa shape index (κ3) is 7.61. The van der Waals surface area contributed by atoms with E-state index in [2.05, 4.69) is 17.2 Å². The average molecular weight is 373 g/mol. The normalized spacial score (nSPS) is 17.1. The molecule has 1 amide bonds. The van der Waals surface area contributed by atoms with Crippen LogP contribution in [0.15, 0.2) is 18.2 Å². The van der Waals surface area contributed by atoms with Crippen LogP contribution < -0.4 is 5.32 Å². The number of carbonyl (C=O) groups excluding carboxylic acids is 3. The molecule has 1 unspecified atom stereocenters. The minimum atomic E-state index is -0.562. The smallest absolute Gasteiger partial charge is 0.270 e. The lowest BCUT2D eigenvalue weighted by Gasteiger charge is -2.20. The van der Waals surface area contributed by atoms with Crippen LogP contribution in [-0.2, 0) is 16.0 Å².